The van der Waals surface area contributed by atoms with Gasteiger partial charge in [-0.15, -0.1) is 11.3 Å². The van der Waals surface area contributed by atoms with Gasteiger partial charge in [-0.2, -0.15) is 13.2 Å². The first-order valence-electron chi connectivity index (χ1n) is 8.70. The van der Waals surface area contributed by atoms with Crippen LogP contribution >= 0.6 is 11.3 Å². The van der Waals surface area contributed by atoms with Gasteiger partial charge in [0, 0.05) is 5.38 Å². The summed E-state index contributed by atoms with van der Waals surface area (Å²) in [5, 5.41) is 14.0. The van der Waals surface area contributed by atoms with Crippen molar-refractivity contribution in [1.29, 1.82) is 0 Å². The maximum atomic E-state index is 12.6. The van der Waals surface area contributed by atoms with E-state index in [1.165, 1.54) is 6.92 Å². The van der Waals surface area contributed by atoms with Crippen molar-refractivity contribution >= 4 is 32.2 Å². The Morgan fingerprint density at radius 3 is 2.45 bits per heavy atom. The number of hydrogen-bond donors (Lipinski definition) is 2. The number of rotatable bonds is 6. The molecule has 0 saturated carbocycles. The number of nitrogens with one attached hydrogen (secondary N) is 1. The van der Waals surface area contributed by atoms with Crippen LogP contribution in [0.15, 0.2) is 39.0 Å². The van der Waals surface area contributed by atoms with E-state index in [0.29, 0.717) is 22.7 Å². The van der Waals surface area contributed by atoms with Gasteiger partial charge in [0.1, 0.15) is 11.8 Å². The molecule has 0 aliphatic rings. The number of halogens is 3. The van der Waals surface area contributed by atoms with Crippen LogP contribution in [0.4, 0.5) is 18.3 Å². The number of aliphatic hydroxyl groups excluding tert-OH is 1. The summed E-state index contributed by atoms with van der Waals surface area (Å²) >= 11 is 1.12. The summed E-state index contributed by atoms with van der Waals surface area (Å²) in [6, 6.07) is 3.89. The number of alkyl halides is 3. The van der Waals surface area contributed by atoms with E-state index in [9.17, 15) is 31.5 Å². The summed E-state index contributed by atoms with van der Waals surface area (Å²) in [6.07, 6.45) is -1.09. The molecule has 31 heavy (non-hydrogen) atoms. The minimum atomic E-state index is -5.44. The van der Waals surface area contributed by atoms with Crippen molar-refractivity contribution in [2.45, 2.75) is 36.8 Å². The standard InChI is InChI=1S/C18H16F3N3O5S2/c1-9-15(29-16(22-9)10(2)25)13-8-30-17(23-13)24-14(26)7-11-3-5-12(6-4-11)31(27,28)18(19,20)21/h3-6,8,10,25H,7H2,1-2H3,(H,23,24,26). The molecule has 1 amide bonds. The molecule has 8 nitrogen and oxygen atoms in total. The first-order chi connectivity index (χ1) is 14.4. The molecule has 166 valence electrons. The summed E-state index contributed by atoms with van der Waals surface area (Å²) in [6.45, 7) is 3.19. The van der Waals surface area contributed by atoms with E-state index in [0.717, 1.165) is 35.6 Å². The minimum Gasteiger partial charge on any atom is -0.436 e. The quantitative estimate of drug-likeness (QED) is 0.558. The zero-order valence-electron chi connectivity index (χ0n) is 16.1. The number of thiazole rings is 1. The molecule has 0 aliphatic carbocycles. The SMILES string of the molecule is Cc1nc(C(C)O)oc1-c1csc(NC(=O)Cc2ccc(S(=O)(=O)C(F)(F)F)cc2)n1. The van der Waals surface area contributed by atoms with Crippen molar-refractivity contribution in [2.75, 3.05) is 5.32 Å². The fraction of sp³-hybridized carbons (Fsp3) is 0.278. The number of hydrogen-bond acceptors (Lipinski definition) is 8. The highest BCUT2D eigenvalue weighted by Crippen LogP contribution is 2.31. The van der Waals surface area contributed by atoms with E-state index < -0.39 is 32.3 Å². The molecule has 0 aliphatic heterocycles. The average molecular weight is 475 g/mol. The highest BCUT2D eigenvalue weighted by Gasteiger charge is 2.46. The van der Waals surface area contributed by atoms with Gasteiger partial charge in [0.15, 0.2) is 10.9 Å². The first-order valence-corrected chi connectivity index (χ1v) is 11.1. The van der Waals surface area contributed by atoms with E-state index >= 15 is 0 Å². The largest absolute Gasteiger partial charge is 0.501 e. The van der Waals surface area contributed by atoms with Crippen LogP contribution in [-0.2, 0) is 21.1 Å². The molecule has 1 atom stereocenters. The van der Waals surface area contributed by atoms with Crippen LogP contribution in [0.5, 0.6) is 0 Å². The topological polar surface area (TPSA) is 122 Å². The van der Waals surface area contributed by atoms with Crippen LogP contribution in [0.1, 0.15) is 30.2 Å². The summed E-state index contributed by atoms with van der Waals surface area (Å²) in [5.41, 5.74) is -4.14. The molecule has 0 radical (unpaired) electrons. The van der Waals surface area contributed by atoms with Gasteiger partial charge < -0.3 is 14.8 Å². The second-order valence-corrected chi connectivity index (χ2v) is 9.30. The van der Waals surface area contributed by atoms with Crippen LogP contribution in [0.25, 0.3) is 11.5 Å². The Bertz CT molecular complexity index is 1200. The molecule has 2 aromatic heterocycles. The van der Waals surface area contributed by atoms with E-state index in [1.54, 1.807) is 12.3 Å². The van der Waals surface area contributed by atoms with Gasteiger partial charge in [-0.1, -0.05) is 12.1 Å². The molecule has 0 spiro atoms. The van der Waals surface area contributed by atoms with Crippen molar-refractivity contribution < 1.29 is 35.9 Å². The number of aromatic nitrogens is 2. The van der Waals surface area contributed by atoms with Crippen molar-refractivity contribution in [1.82, 2.24) is 9.97 Å². The lowest BCUT2D eigenvalue weighted by molar-refractivity contribution is -0.115. The molecule has 0 saturated heterocycles. The number of carbonyl (C=O) groups excluding carboxylic acids is 1. The molecular formula is C18H16F3N3O5S2. The zero-order chi connectivity index (χ0) is 23.0. The minimum absolute atomic E-state index is 0.141. The number of aliphatic hydroxyl groups is 1. The molecule has 2 N–H and O–H groups in total. The fourth-order valence-electron chi connectivity index (χ4n) is 2.54. The van der Waals surface area contributed by atoms with Crippen LogP contribution in [0, 0.1) is 6.92 Å². The van der Waals surface area contributed by atoms with Crippen molar-refractivity contribution in [3.63, 3.8) is 0 Å². The number of oxazole rings is 1. The molecular weight excluding hydrogens is 459 g/mol. The third-order valence-corrected chi connectivity index (χ3v) is 6.32. The number of amides is 1. The Balaban J connectivity index is 1.67. The van der Waals surface area contributed by atoms with Gasteiger partial charge in [0.05, 0.1) is 17.0 Å². The Morgan fingerprint density at radius 1 is 1.26 bits per heavy atom. The summed E-state index contributed by atoms with van der Waals surface area (Å²) in [7, 11) is -5.44. The van der Waals surface area contributed by atoms with Crippen molar-refractivity contribution in [3.05, 3.63) is 46.8 Å². The van der Waals surface area contributed by atoms with Crippen LogP contribution < -0.4 is 5.32 Å². The van der Waals surface area contributed by atoms with Gasteiger partial charge in [-0.25, -0.2) is 18.4 Å². The number of anilines is 1. The molecule has 3 rings (SSSR count). The van der Waals surface area contributed by atoms with Gasteiger partial charge in [0.2, 0.25) is 11.8 Å². The summed E-state index contributed by atoms with van der Waals surface area (Å²) in [4.78, 5) is 19.7. The number of sulfone groups is 1. The summed E-state index contributed by atoms with van der Waals surface area (Å²) in [5.74, 6) is 0.00229. The predicted octanol–water partition coefficient (Wildman–Crippen LogP) is 3.63. The molecule has 3 aromatic rings. The Labute approximate surface area is 178 Å². The van der Waals surface area contributed by atoms with Gasteiger partial charge in [-0.3, -0.25) is 4.79 Å². The van der Waals surface area contributed by atoms with Crippen LogP contribution in [-0.4, -0.2) is 34.9 Å². The second-order valence-electron chi connectivity index (χ2n) is 6.50. The molecule has 1 unspecified atom stereocenters. The molecule has 0 bridgehead atoms. The highest BCUT2D eigenvalue weighted by atomic mass is 32.2. The lowest BCUT2D eigenvalue weighted by atomic mass is 10.1. The maximum Gasteiger partial charge on any atom is 0.501 e. The van der Waals surface area contributed by atoms with Crippen LogP contribution in [0.2, 0.25) is 0 Å². The molecule has 2 heterocycles. The smallest absolute Gasteiger partial charge is 0.436 e. The monoisotopic (exact) mass is 475 g/mol. The van der Waals surface area contributed by atoms with Gasteiger partial charge in [0.25, 0.3) is 9.84 Å². The second kappa shape index (κ2) is 8.40. The zero-order valence-corrected chi connectivity index (χ0v) is 17.7. The first kappa shape index (κ1) is 22.9. The van der Waals surface area contributed by atoms with E-state index in [2.05, 4.69) is 15.3 Å². The molecule has 0 fully saturated rings. The Kier molecular flexibility index (Phi) is 6.21. The van der Waals surface area contributed by atoms with E-state index in [-0.39, 0.29) is 17.4 Å². The molecule has 1 aromatic carbocycles. The predicted molar refractivity (Wildman–Crippen MR) is 105 cm³/mol. The lowest BCUT2D eigenvalue weighted by Crippen LogP contribution is -2.23. The highest BCUT2D eigenvalue weighted by molar-refractivity contribution is 7.92. The average Bonchev–Trinajstić information content (AvgIpc) is 3.27. The number of aryl methyl sites for hydroxylation is 1. The number of nitrogens with zero attached hydrogens (tertiary/aromatic N) is 2. The Hall–Kier alpha value is -2.77. The summed E-state index contributed by atoms with van der Waals surface area (Å²) < 4.78 is 66.0. The van der Waals surface area contributed by atoms with Crippen LogP contribution in [0.3, 0.4) is 0 Å². The number of benzene rings is 1. The fourth-order valence-corrected chi connectivity index (χ4v) is 4.01. The maximum absolute atomic E-state index is 12.6. The number of carbonyl (C=O) groups is 1. The van der Waals surface area contributed by atoms with E-state index in [1.807, 2.05) is 0 Å². The van der Waals surface area contributed by atoms with Gasteiger partial charge >= 0.3 is 5.51 Å². The molecule has 13 heteroatoms. The van der Waals surface area contributed by atoms with E-state index in [4.69, 9.17) is 4.42 Å². The third kappa shape index (κ3) is 4.94. The van der Waals surface area contributed by atoms with Gasteiger partial charge in [-0.05, 0) is 31.5 Å². The lowest BCUT2D eigenvalue weighted by Gasteiger charge is -2.08. The third-order valence-electron chi connectivity index (χ3n) is 4.06. The Morgan fingerprint density at radius 2 is 1.90 bits per heavy atom. The van der Waals surface area contributed by atoms with Crippen molar-refractivity contribution in [2.24, 2.45) is 0 Å². The normalized spacial score (nSPS) is 13.2. The van der Waals surface area contributed by atoms with Crippen molar-refractivity contribution in [3.8, 4) is 11.5 Å².